The average Bonchev–Trinajstić information content (AvgIpc) is 2.87. The predicted molar refractivity (Wildman–Crippen MR) is 44.3 cm³/mol. The molecule has 2 atom stereocenters. The number of nitrogens with two attached hydrogens (primary N) is 1. The van der Waals surface area contributed by atoms with E-state index in [4.69, 9.17) is 10.5 Å². The van der Waals surface area contributed by atoms with E-state index in [-0.39, 0.29) is 0 Å². The highest BCUT2D eigenvalue weighted by Gasteiger charge is 2.34. The molecular weight excluding hydrogens is 138 g/mol. The van der Waals surface area contributed by atoms with Gasteiger partial charge in [0.15, 0.2) is 0 Å². The van der Waals surface area contributed by atoms with Gasteiger partial charge in [0, 0.05) is 12.6 Å². The van der Waals surface area contributed by atoms with Crippen LogP contribution in [0.1, 0.15) is 32.1 Å². The molecule has 1 saturated carbocycles. The molecule has 0 aromatic rings. The fourth-order valence-electron chi connectivity index (χ4n) is 1.85. The van der Waals surface area contributed by atoms with Gasteiger partial charge in [-0.15, -0.1) is 0 Å². The van der Waals surface area contributed by atoms with Crippen molar-refractivity contribution in [3.63, 3.8) is 0 Å². The van der Waals surface area contributed by atoms with E-state index in [9.17, 15) is 0 Å². The van der Waals surface area contributed by atoms with Crippen molar-refractivity contribution in [2.45, 2.75) is 44.2 Å². The van der Waals surface area contributed by atoms with Crippen LogP contribution in [0.3, 0.4) is 0 Å². The molecule has 2 fully saturated rings. The zero-order valence-electron chi connectivity index (χ0n) is 6.96. The highest BCUT2D eigenvalue weighted by molar-refractivity contribution is 4.90. The van der Waals surface area contributed by atoms with Crippen LogP contribution in [0.4, 0.5) is 0 Å². The lowest BCUT2D eigenvalue weighted by atomic mass is 9.99. The maximum atomic E-state index is 6.03. The van der Waals surface area contributed by atoms with Crippen LogP contribution in [-0.2, 0) is 4.74 Å². The Bertz CT molecular complexity index is 128. The van der Waals surface area contributed by atoms with E-state index in [1.54, 1.807) is 0 Å². The second-order valence-electron chi connectivity index (χ2n) is 3.82. The summed E-state index contributed by atoms with van der Waals surface area (Å²) in [6.45, 7) is 0.936. The molecule has 0 spiro atoms. The van der Waals surface area contributed by atoms with Crippen LogP contribution >= 0.6 is 0 Å². The zero-order chi connectivity index (χ0) is 7.68. The smallest absolute Gasteiger partial charge is 0.0728 e. The number of rotatable bonds is 2. The molecule has 1 saturated heterocycles. The predicted octanol–water partition coefficient (Wildman–Crippen LogP) is 1.29. The molecule has 64 valence electrons. The monoisotopic (exact) mass is 155 g/mol. The van der Waals surface area contributed by atoms with Gasteiger partial charge in [-0.05, 0) is 38.0 Å². The van der Waals surface area contributed by atoms with Gasteiger partial charge in [-0.2, -0.15) is 0 Å². The van der Waals surface area contributed by atoms with Gasteiger partial charge in [-0.25, -0.2) is 0 Å². The van der Waals surface area contributed by atoms with Gasteiger partial charge >= 0.3 is 0 Å². The molecule has 0 amide bonds. The van der Waals surface area contributed by atoms with Gasteiger partial charge in [-0.1, -0.05) is 0 Å². The van der Waals surface area contributed by atoms with Gasteiger partial charge in [-0.3, -0.25) is 0 Å². The Hall–Kier alpha value is -0.0800. The third-order valence-corrected chi connectivity index (χ3v) is 2.81. The first-order valence-electron chi connectivity index (χ1n) is 4.75. The lowest BCUT2D eigenvalue weighted by molar-refractivity contribution is -0.00369. The molecule has 2 aliphatic rings. The third kappa shape index (κ3) is 1.74. The summed E-state index contributed by atoms with van der Waals surface area (Å²) in [6.07, 6.45) is 6.79. The molecule has 1 aliphatic carbocycles. The van der Waals surface area contributed by atoms with Crippen molar-refractivity contribution in [1.29, 1.82) is 0 Å². The fourth-order valence-corrected chi connectivity index (χ4v) is 1.85. The van der Waals surface area contributed by atoms with Gasteiger partial charge in [0.2, 0.25) is 0 Å². The molecule has 2 rings (SSSR count). The minimum atomic E-state index is 0.343. The van der Waals surface area contributed by atoms with Crippen LogP contribution in [0.15, 0.2) is 0 Å². The van der Waals surface area contributed by atoms with E-state index in [1.807, 2.05) is 0 Å². The molecule has 0 bridgehead atoms. The zero-order valence-corrected chi connectivity index (χ0v) is 6.96. The van der Waals surface area contributed by atoms with Crippen molar-refractivity contribution in [2.75, 3.05) is 6.61 Å². The molecule has 0 unspecified atom stereocenters. The first kappa shape index (κ1) is 7.56. The van der Waals surface area contributed by atoms with E-state index < -0.39 is 0 Å². The lowest BCUT2D eigenvalue weighted by Gasteiger charge is -2.27. The van der Waals surface area contributed by atoms with Crippen LogP contribution in [0.5, 0.6) is 0 Å². The Balaban J connectivity index is 1.81. The van der Waals surface area contributed by atoms with Gasteiger partial charge in [0.05, 0.1) is 6.10 Å². The minimum Gasteiger partial charge on any atom is -0.377 e. The van der Waals surface area contributed by atoms with Crippen LogP contribution in [0.2, 0.25) is 0 Å². The maximum Gasteiger partial charge on any atom is 0.0728 e. The van der Waals surface area contributed by atoms with E-state index in [0.29, 0.717) is 12.1 Å². The summed E-state index contributed by atoms with van der Waals surface area (Å²) in [5.74, 6) is 0.790. The highest BCUT2D eigenvalue weighted by atomic mass is 16.5. The average molecular weight is 155 g/mol. The summed E-state index contributed by atoms with van der Waals surface area (Å²) in [6, 6.07) is 0.343. The number of ether oxygens (including phenoxy) is 1. The molecule has 0 aromatic heterocycles. The van der Waals surface area contributed by atoms with Crippen LogP contribution in [0, 0.1) is 5.92 Å². The first-order valence-corrected chi connectivity index (χ1v) is 4.75. The largest absolute Gasteiger partial charge is 0.377 e. The molecular formula is C9H17NO. The Morgan fingerprint density at radius 1 is 1.18 bits per heavy atom. The van der Waals surface area contributed by atoms with Crippen LogP contribution in [0.25, 0.3) is 0 Å². The third-order valence-electron chi connectivity index (χ3n) is 2.81. The fraction of sp³-hybridized carbons (Fsp3) is 1.00. The maximum absolute atomic E-state index is 6.03. The Labute approximate surface area is 68.1 Å². The molecule has 2 nitrogen and oxygen atoms in total. The normalized spacial score (nSPS) is 35.2. The number of hydrogen-bond donors (Lipinski definition) is 1. The second-order valence-corrected chi connectivity index (χ2v) is 3.82. The molecule has 0 radical (unpaired) electrons. The molecule has 1 heterocycles. The summed E-state index contributed by atoms with van der Waals surface area (Å²) in [4.78, 5) is 0. The van der Waals surface area contributed by atoms with Crippen molar-refractivity contribution in [1.82, 2.24) is 0 Å². The standard InChI is InChI=1S/C9H17NO/c10-9(7-4-5-7)8-3-1-2-6-11-8/h7-9H,1-6,10H2/t8-,9+/m1/s1. The Kier molecular flexibility index (Phi) is 2.14. The summed E-state index contributed by atoms with van der Waals surface area (Å²) in [7, 11) is 0. The van der Waals surface area contributed by atoms with Crippen molar-refractivity contribution < 1.29 is 4.74 Å². The summed E-state index contributed by atoms with van der Waals surface area (Å²) < 4.78 is 5.62. The van der Waals surface area contributed by atoms with Crippen LogP contribution < -0.4 is 5.73 Å². The van der Waals surface area contributed by atoms with E-state index in [1.165, 1.54) is 32.1 Å². The number of hydrogen-bond acceptors (Lipinski definition) is 2. The van der Waals surface area contributed by atoms with Crippen molar-refractivity contribution in [3.05, 3.63) is 0 Å². The molecule has 2 N–H and O–H groups in total. The van der Waals surface area contributed by atoms with E-state index in [2.05, 4.69) is 0 Å². The second kappa shape index (κ2) is 3.11. The molecule has 11 heavy (non-hydrogen) atoms. The van der Waals surface area contributed by atoms with Crippen molar-refractivity contribution in [3.8, 4) is 0 Å². The van der Waals surface area contributed by atoms with Gasteiger partial charge in [0.1, 0.15) is 0 Å². The summed E-state index contributed by atoms with van der Waals surface area (Å²) in [5, 5.41) is 0. The Morgan fingerprint density at radius 2 is 2.00 bits per heavy atom. The van der Waals surface area contributed by atoms with Crippen molar-refractivity contribution in [2.24, 2.45) is 11.7 Å². The highest BCUT2D eigenvalue weighted by Crippen LogP contribution is 2.35. The molecule has 1 aliphatic heterocycles. The first-order chi connectivity index (χ1) is 5.38. The van der Waals surface area contributed by atoms with Gasteiger partial charge < -0.3 is 10.5 Å². The topological polar surface area (TPSA) is 35.2 Å². The van der Waals surface area contributed by atoms with E-state index >= 15 is 0 Å². The summed E-state index contributed by atoms with van der Waals surface area (Å²) in [5.41, 5.74) is 6.03. The van der Waals surface area contributed by atoms with E-state index in [0.717, 1.165) is 12.5 Å². The van der Waals surface area contributed by atoms with Crippen molar-refractivity contribution >= 4 is 0 Å². The molecule has 2 heteroatoms. The van der Waals surface area contributed by atoms with Gasteiger partial charge in [0.25, 0.3) is 0 Å². The molecule has 0 aromatic carbocycles. The quantitative estimate of drug-likeness (QED) is 0.652. The Morgan fingerprint density at radius 3 is 2.55 bits per heavy atom. The summed E-state index contributed by atoms with van der Waals surface area (Å²) >= 11 is 0. The minimum absolute atomic E-state index is 0.343. The SMILES string of the molecule is N[C@@H](C1CC1)[C@H]1CCCCO1. The van der Waals surface area contributed by atoms with Crippen LogP contribution in [-0.4, -0.2) is 18.8 Å². The lowest BCUT2D eigenvalue weighted by Crippen LogP contribution is -2.40.